The van der Waals surface area contributed by atoms with E-state index in [4.69, 9.17) is 4.52 Å². The predicted molar refractivity (Wildman–Crippen MR) is 60.9 cm³/mol. The van der Waals surface area contributed by atoms with Gasteiger partial charge in [0.15, 0.2) is 5.82 Å². The third-order valence-corrected chi connectivity index (χ3v) is 3.02. The Morgan fingerprint density at radius 3 is 3.00 bits per heavy atom. The first-order chi connectivity index (χ1) is 7.65. The van der Waals surface area contributed by atoms with Crippen LogP contribution in [0.2, 0.25) is 0 Å². The van der Waals surface area contributed by atoms with E-state index in [2.05, 4.69) is 34.2 Å². The summed E-state index contributed by atoms with van der Waals surface area (Å²) in [6.07, 6.45) is 0. The van der Waals surface area contributed by atoms with E-state index in [9.17, 15) is 0 Å². The summed E-state index contributed by atoms with van der Waals surface area (Å²) < 4.78 is 5.14. The fraction of sp³-hybridized carbons (Fsp3) is 0.818. The largest absolute Gasteiger partial charge is 0.338 e. The lowest BCUT2D eigenvalue weighted by Gasteiger charge is -2.34. The lowest BCUT2D eigenvalue weighted by Crippen LogP contribution is -2.52. The Bertz CT molecular complexity index is 336. The van der Waals surface area contributed by atoms with E-state index in [1.807, 2.05) is 6.92 Å². The van der Waals surface area contributed by atoms with Crippen LogP contribution in [-0.2, 0) is 6.54 Å². The molecule has 0 saturated carbocycles. The van der Waals surface area contributed by atoms with Crippen molar-refractivity contribution in [2.24, 2.45) is 5.92 Å². The molecular formula is C11H20N4O. The van der Waals surface area contributed by atoms with Crippen molar-refractivity contribution in [2.75, 3.05) is 19.6 Å². The molecule has 1 aromatic rings. The van der Waals surface area contributed by atoms with Crippen LogP contribution in [0.5, 0.6) is 0 Å². The highest BCUT2D eigenvalue weighted by Gasteiger charge is 2.22. The van der Waals surface area contributed by atoms with Gasteiger partial charge in [-0.3, -0.25) is 4.90 Å². The lowest BCUT2D eigenvalue weighted by molar-refractivity contribution is 0.152. The minimum absolute atomic E-state index is 0.567. The minimum Gasteiger partial charge on any atom is -0.338 e. The molecule has 16 heavy (non-hydrogen) atoms. The van der Waals surface area contributed by atoms with Gasteiger partial charge in [0.2, 0.25) is 5.89 Å². The molecule has 5 nitrogen and oxygen atoms in total. The van der Waals surface area contributed by atoms with Gasteiger partial charge >= 0.3 is 0 Å². The molecule has 0 amide bonds. The van der Waals surface area contributed by atoms with Crippen molar-refractivity contribution >= 4 is 0 Å². The highest BCUT2D eigenvalue weighted by atomic mass is 16.5. The van der Waals surface area contributed by atoms with Gasteiger partial charge in [-0.05, 0) is 12.8 Å². The van der Waals surface area contributed by atoms with Gasteiger partial charge in [-0.25, -0.2) is 0 Å². The molecule has 90 valence electrons. The van der Waals surface area contributed by atoms with Crippen molar-refractivity contribution in [2.45, 2.75) is 33.4 Å². The van der Waals surface area contributed by atoms with Crippen molar-refractivity contribution in [3.05, 3.63) is 11.7 Å². The summed E-state index contributed by atoms with van der Waals surface area (Å²) in [7, 11) is 0. The van der Waals surface area contributed by atoms with Crippen molar-refractivity contribution in [3.63, 3.8) is 0 Å². The number of nitrogens with one attached hydrogen (secondary N) is 1. The fourth-order valence-electron chi connectivity index (χ4n) is 2.03. The Morgan fingerprint density at radius 2 is 2.38 bits per heavy atom. The quantitative estimate of drug-likeness (QED) is 0.823. The molecule has 0 aliphatic carbocycles. The van der Waals surface area contributed by atoms with Crippen LogP contribution in [0.15, 0.2) is 4.52 Å². The van der Waals surface area contributed by atoms with Crippen LogP contribution in [0, 0.1) is 12.8 Å². The fourth-order valence-corrected chi connectivity index (χ4v) is 2.03. The van der Waals surface area contributed by atoms with Crippen LogP contribution in [0.3, 0.4) is 0 Å². The standard InChI is InChI=1S/C11H20N4O/c1-8(2)10-6-15(5-4-12-10)7-11-13-9(3)14-16-11/h8,10,12H,4-7H2,1-3H3. The van der Waals surface area contributed by atoms with Crippen LogP contribution < -0.4 is 5.32 Å². The van der Waals surface area contributed by atoms with E-state index < -0.39 is 0 Å². The van der Waals surface area contributed by atoms with Crippen LogP contribution >= 0.6 is 0 Å². The Kier molecular flexibility index (Phi) is 3.56. The van der Waals surface area contributed by atoms with E-state index >= 15 is 0 Å². The van der Waals surface area contributed by atoms with E-state index in [0.717, 1.165) is 32.1 Å². The monoisotopic (exact) mass is 224 g/mol. The zero-order valence-electron chi connectivity index (χ0n) is 10.2. The maximum Gasteiger partial charge on any atom is 0.240 e. The van der Waals surface area contributed by atoms with E-state index in [1.54, 1.807) is 0 Å². The molecular weight excluding hydrogens is 204 g/mol. The number of aryl methyl sites for hydroxylation is 1. The third kappa shape index (κ3) is 2.80. The topological polar surface area (TPSA) is 54.2 Å². The summed E-state index contributed by atoms with van der Waals surface area (Å²) in [5.74, 6) is 2.10. The lowest BCUT2D eigenvalue weighted by atomic mass is 10.0. The summed E-state index contributed by atoms with van der Waals surface area (Å²) in [5, 5.41) is 7.34. The van der Waals surface area contributed by atoms with Gasteiger partial charge in [-0.1, -0.05) is 19.0 Å². The molecule has 5 heteroatoms. The minimum atomic E-state index is 0.567. The van der Waals surface area contributed by atoms with Crippen LogP contribution in [-0.4, -0.2) is 40.7 Å². The molecule has 1 aliphatic heterocycles. The molecule has 1 fully saturated rings. The first-order valence-corrected chi connectivity index (χ1v) is 5.90. The van der Waals surface area contributed by atoms with Crippen molar-refractivity contribution < 1.29 is 4.52 Å². The molecule has 1 atom stereocenters. The van der Waals surface area contributed by atoms with Crippen molar-refractivity contribution in [1.29, 1.82) is 0 Å². The van der Waals surface area contributed by atoms with Gasteiger partial charge in [0.05, 0.1) is 6.54 Å². The molecule has 0 aromatic carbocycles. The van der Waals surface area contributed by atoms with Crippen molar-refractivity contribution in [3.8, 4) is 0 Å². The summed E-state index contributed by atoms with van der Waals surface area (Å²) >= 11 is 0. The average Bonchev–Trinajstić information content (AvgIpc) is 2.64. The average molecular weight is 224 g/mol. The second kappa shape index (κ2) is 4.93. The summed E-state index contributed by atoms with van der Waals surface area (Å²) in [4.78, 5) is 6.60. The Labute approximate surface area is 96.2 Å². The number of hydrogen-bond donors (Lipinski definition) is 1. The summed E-state index contributed by atoms with van der Waals surface area (Å²) in [6, 6.07) is 0.567. The number of hydrogen-bond acceptors (Lipinski definition) is 5. The molecule has 1 aliphatic rings. The van der Waals surface area contributed by atoms with Gasteiger partial charge in [0, 0.05) is 25.7 Å². The van der Waals surface area contributed by atoms with Crippen LogP contribution in [0.4, 0.5) is 0 Å². The second-order valence-corrected chi connectivity index (χ2v) is 4.78. The molecule has 0 radical (unpaired) electrons. The molecule has 1 saturated heterocycles. The van der Waals surface area contributed by atoms with Crippen LogP contribution in [0.25, 0.3) is 0 Å². The first-order valence-electron chi connectivity index (χ1n) is 5.90. The summed E-state index contributed by atoms with van der Waals surface area (Å²) in [5.41, 5.74) is 0. The first kappa shape index (κ1) is 11.5. The summed E-state index contributed by atoms with van der Waals surface area (Å²) in [6.45, 7) is 10.3. The highest BCUT2D eigenvalue weighted by Crippen LogP contribution is 2.10. The van der Waals surface area contributed by atoms with Gasteiger partial charge in [-0.15, -0.1) is 0 Å². The molecule has 2 rings (SSSR count). The zero-order chi connectivity index (χ0) is 11.5. The highest BCUT2D eigenvalue weighted by molar-refractivity contribution is 4.86. The zero-order valence-corrected chi connectivity index (χ0v) is 10.2. The van der Waals surface area contributed by atoms with Gasteiger partial charge < -0.3 is 9.84 Å². The Hall–Kier alpha value is -0.940. The molecule has 2 heterocycles. The van der Waals surface area contributed by atoms with E-state index in [-0.39, 0.29) is 0 Å². The van der Waals surface area contributed by atoms with Gasteiger partial charge in [-0.2, -0.15) is 4.98 Å². The van der Waals surface area contributed by atoms with E-state index in [0.29, 0.717) is 17.8 Å². The molecule has 0 bridgehead atoms. The van der Waals surface area contributed by atoms with Gasteiger partial charge in [0.25, 0.3) is 0 Å². The smallest absolute Gasteiger partial charge is 0.240 e. The molecule has 1 unspecified atom stereocenters. The third-order valence-electron chi connectivity index (χ3n) is 3.02. The number of piperazine rings is 1. The van der Waals surface area contributed by atoms with Crippen molar-refractivity contribution in [1.82, 2.24) is 20.4 Å². The normalized spacial score (nSPS) is 22.9. The number of rotatable bonds is 3. The SMILES string of the molecule is Cc1noc(CN2CCNC(C(C)C)C2)n1. The van der Waals surface area contributed by atoms with Crippen LogP contribution in [0.1, 0.15) is 25.6 Å². The van der Waals surface area contributed by atoms with Gasteiger partial charge in [0.1, 0.15) is 0 Å². The second-order valence-electron chi connectivity index (χ2n) is 4.78. The number of nitrogens with zero attached hydrogens (tertiary/aromatic N) is 3. The molecule has 1 aromatic heterocycles. The molecule has 0 spiro atoms. The Balaban J connectivity index is 1.90. The predicted octanol–water partition coefficient (Wildman–Crippen LogP) is 0.808. The number of aromatic nitrogens is 2. The maximum absolute atomic E-state index is 5.14. The maximum atomic E-state index is 5.14. The van der Waals surface area contributed by atoms with E-state index in [1.165, 1.54) is 0 Å². The Morgan fingerprint density at radius 1 is 1.56 bits per heavy atom. The molecule has 1 N–H and O–H groups in total.